The first-order valence-corrected chi connectivity index (χ1v) is 7.35. The number of methoxy groups -OCH3 is 1. The first-order chi connectivity index (χ1) is 11.0. The third-order valence-electron chi connectivity index (χ3n) is 2.86. The van der Waals surface area contributed by atoms with Crippen molar-refractivity contribution in [1.82, 2.24) is 0 Å². The maximum absolute atomic E-state index is 12.8. The van der Waals surface area contributed by atoms with Crippen LogP contribution in [0.5, 0.6) is 5.75 Å². The van der Waals surface area contributed by atoms with Crippen LogP contribution in [0.25, 0.3) is 0 Å². The van der Waals surface area contributed by atoms with Crippen LogP contribution in [0, 0.1) is 5.82 Å². The molecule has 0 heterocycles. The summed E-state index contributed by atoms with van der Waals surface area (Å²) < 4.78 is 23.3. The zero-order valence-electron chi connectivity index (χ0n) is 12.1. The molecule has 120 valence electrons. The van der Waals surface area contributed by atoms with E-state index in [1.807, 2.05) is 0 Å². The van der Waals surface area contributed by atoms with E-state index in [9.17, 15) is 14.0 Å². The quantitative estimate of drug-likeness (QED) is 0.806. The molecule has 0 spiro atoms. The first kappa shape index (κ1) is 17.0. The van der Waals surface area contributed by atoms with Gasteiger partial charge in [-0.05, 0) is 58.4 Å². The van der Waals surface area contributed by atoms with Crippen molar-refractivity contribution in [2.75, 3.05) is 19.0 Å². The Morgan fingerprint density at radius 1 is 1.17 bits per heavy atom. The number of rotatable bonds is 5. The van der Waals surface area contributed by atoms with Crippen molar-refractivity contribution >= 4 is 33.5 Å². The molecule has 0 aliphatic rings. The van der Waals surface area contributed by atoms with Crippen molar-refractivity contribution in [3.8, 4) is 5.75 Å². The second kappa shape index (κ2) is 7.73. The first-order valence-electron chi connectivity index (χ1n) is 6.55. The maximum Gasteiger partial charge on any atom is 0.339 e. The fourth-order valence-corrected chi connectivity index (χ4v) is 2.14. The van der Waals surface area contributed by atoms with Crippen LogP contribution in [0.2, 0.25) is 0 Å². The van der Waals surface area contributed by atoms with Gasteiger partial charge < -0.3 is 14.8 Å². The Morgan fingerprint density at radius 2 is 1.87 bits per heavy atom. The largest absolute Gasteiger partial charge is 0.497 e. The number of esters is 1. The third-order valence-corrected chi connectivity index (χ3v) is 3.55. The lowest BCUT2D eigenvalue weighted by Gasteiger charge is -2.09. The van der Waals surface area contributed by atoms with E-state index in [1.165, 1.54) is 37.4 Å². The fraction of sp³-hybridized carbons (Fsp3) is 0.125. The van der Waals surface area contributed by atoms with Crippen molar-refractivity contribution in [3.63, 3.8) is 0 Å². The Balaban J connectivity index is 1.93. The van der Waals surface area contributed by atoms with Gasteiger partial charge in [-0.15, -0.1) is 0 Å². The molecule has 1 amide bonds. The van der Waals surface area contributed by atoms with E-state index < -0.39 is 24.3 Å². The number of ether oxygens (including phenoxy) is 2. The van der Waals surface area contributed by atoms with Gasteiger partial charge in [-0.3, -0.25) is 4.79 Å². The molecule has 0 aliphatic carbocycles. The van der Waals surface area contributed by atoms with E-state index in [0.29, 0.717) is 15.9 Å². The topological polar surface area (TPSA) is 64.6 Å². The van der Waals surface area contributed by atoms with Crippen molar-refractivity contribution in [3.05, 3.63) is 58.3 Å². The molecule has 23 heavy (non-hydrogen) atoms. The summed E-state index contributed by atoms with van der Waals surface area (Å²) in [6.45, 7) is -0.458. The van der Waals surface area contributed by atoms with Gasteiger partial charge >= 0.3 is 5.97 Å². The fourth-order valence-electron chi connectivity index (χ4n) is 1.73. The SMILES string of the molecule is COc1ccc(Br)c(C(=O)OCC(=O)Nc2ccc(F)cc2)c1. The van der Waals surface area contributed by atoms with E-state index in [1.54, 1.807) is 12.1 Å². The molecule has 0 radical (unpaired) electrons. The summed E-state index contributed by atoms with van der Waals surface area (Å²) in [5, 5.41) is 2.49. The number of carbonyl (C=O) groups excluding carboxylic acids is 2. The number of carbonyl (C=O) groups is 2. The highest BCUT2D eigenvalue weighted by atomic mass is 79.9. The van der Waals surface area contributed by atoms with Gasteiger partial charge in [-0.1, -0.05) is 0 Å². The normalized spacial score (nSPS) is 10.0. The second-order valence-corrected chi connectivity index (χ2v) is 5.33. The van der Waals surface area contributed by atoms with Crippen LogP contribution in [-0.4, -0.2) is 25.6 Å². The van der Waals surface area contributed by atoms with E-state index >= 15 is 0 Å². The minimum absolute atomic E-state index is 0.249. The molecular formula is C16H13BrFNO4. The van der Waals surface area contributed by atoms with Crippen molar-refractivity contribution in [2.45, 2.75) is 0 Å². The van der Waals surface area contributed by atoms with Gasteiger partial charge in [0.15, 0.2) is 6.61 Å². The molecule has 2 rings (SSSR count). The number of amides is 1. The zero-order valence-corrected chi connectivity index (χ0v) is 13.7. The lowest BCUT2D eigenvalue weighted by molar-refractivity contribution is -0.119. The van der Waals surface area contributed by atoms with Gasteiger partial charge in [-0.25, -0.2) is 9.18 Å². The summed E-state index contributed by atoms with van der Waals surface area (Å²) in [4.78, 5) is 23.7. The predicted molar refractivity (Wildman–Crippen MR) is 86.0 cm³/mol. The average Bonchev–Trinajstić information content (AvgIpc) is 2.55. The third kappa shape index (κ3) is 4.79. The Hall–Kier alpha value is -2.41. The zero-order chi connectivity index (χ0) is 16.8. The highest BCUT2D eigenvalue weighted by Crippen LogP contribution is 2.23. The standard InChI is InChI=1S/C16H13BrFNO4/c1-22-12-6-7-14(17)13(8-12)16(21)23-9-15(20)19-11-4-2-10(18)3-5-11/h2-8H,9H2,1H3,(H,19,20). The van der Waals surface area contributed by atoms with Gasteiger partial charge in [0, 0.05) is 10.2 Å². The maximum atomic E-state index is 12.8. The lowest BCUT2D eigenvalue weighted by Crippen LogP contribution is -2.21. The molecule has 2 aromatic carbocycles. The van der Waals surface area contributed by atoms with Crippen molar-refractivity contribution in [2.24, 2.45) is 0 Å². The molecule has 0 fully saturated rings. The lowest BCUT2D eigenvalue weighted by atomic mass is 10.2. The molecule has 0 saturated heterocycles. The molecule has 1 N–H and O–H groups in total. The Bertz CT molecular complexity index is 719. The van der Waals surface area contributed by atoms with Crippen LogP contribution in [0.15, 0.2) is 46.9 Å². The molecule has 0 aromatic heterocycles. The molecular weight excluding hydrogens is 369 g/mol. The number of hydrogen-bond acceptors (Lipinski definition) is 4. The van der Waals surface area contributed by atoms with Gasteiger partial charge in [0.1, 0.15) is 11.6 Å². The molecule has 7 heteroatoms. The minimum Gasteiger partial charge on any atom is -0.497 e. The smallest absolute Gasteiger partial charge is 0.339 e. The number of nitrogens with one attached hydrogen (secondary N) is 1. The monoisotopic (exact) mass is 381 g/mol. The molecule has 0 unspecified atom stereocenters. The number of anilines is 1. The molecule has 0 aliphatic heterocycles. The molecule has 0 bridgehead atoms. The van der Waals surface area contributed by atoms with Crippen LogP contribution in [0.3, 0.4) is 0 Å². The van der Waals surface area contributed by atoms with E-state index in [-0.39, 0.29) is 5.56 Å². The van der Waals surface area contributed by atoms with Crippen LogP contribution in [0.4, 0.5) is 10.1 Å². The van der Waals surface area contributed by atoms with Crippen LogP contribution in [0.1, 0.15) is 10.4 Å². The highest BCUT2D eigenvalue weighted by Gasteiger charge is 2.14. The minimum atomic E-state index is -0.662. The van der Waals surface area contributed by atoms with Crippen molar-refractivity contribution < 1.29 is 23.5 Å². The van der Waals surface area contributed by atoms with Gasteiger partial charge in [0.05, 0.1) is 12.7 Å². The summed E-state index contributed by atoms with van der Waals surface area (Å²) in [6, 6.07) is 10.1. The number of benzene rings is 2. The Morgan fingerprint density at radius 3 is 2.52 bits per heavy atom. The van der Waals surface area contributed by atoms with E-state index in [0.717, 1.165) is 0 Å². The summed E-state index contributed by atoms with van der Waals surface area (Å²) in [5.41, 5.74) is 0.661. The van der Waals surface area contributed by atoms with Crippen molar-refractivity contribution in [1.29, 1.82) is 0 Å². The molecule has 5 nitrogen and oxygen atoms in total. The van der Waals surface area contributed by atoms with Gasteiger partial charge in [0.25, 0.3) is 5.91 Å². The Labute approximate surface area is 140 Å². The predicted octanol–water partition coefficient (Wildman–Crippen LogP) is 3.39. The average molecular weight is 382 g/mol. The van der Waals surface area contributed by atoms with E-state index in [2.05, 4.69) is 21.2 Å². The van der Waals surface area contributed by atoms with Crippen LogP contribution < -0.4 is 10.1 Å². The number of hydrogen-bond donors (Lipinski definition) is 1. The molecule has 0 atom stereocenters. The van der Waals surface area contributed by atoms with Gasteiger partial charge in [0.2, 0.25) is 0 Å². The van der Waals surface area contributed by atoms with Crippen LogP contribution >= 0.6 is 15.9 Å². The second-order valence-electron chi connectivity index (χ2n) is 4.48. The molecule has 0 saturated carbocycles. The molecule has 2 aromatic rings. The summed E-state index contributed by atoms with van der Waals surface area (Å²) in [5.74, 6) is -1.10. The summed E-state index contributed by atoms with van der Waals surface area (Å²) in [7, 11) is 1.48. The highest BCUT2D eigenvalue weighted by molar-refractivity contribution is 9.10. The van der Waals surface area contributed by atoms with Crippen LogP contribution in [-0.2, 0) is 9.53 Å². The summed E-state index contributed by atoms with van der Waals surface area (Å²) >= 11 is 3.24. The summed E-state index contributed by atoms with van der Waals surface area (Å²) in [6.07, 6.45) is 0. The Kier molecular flexibility index (Phi) is 5.70. The van der Waals surface area contributed by atoms with Gasteiger partial charge in [-0.2, -0.15) is 0 Å². The van der Waals surface area contributed by atoms with E-state index in [4.69, 9.17) is 9.47 Å². The number of halogens is 2.